The second-order valence-electron chi connectivity index (χ2n) is 12.8. The van der Waals surface area contributed by atoms with E-state index in [9.17, 15) is 4.79 Å². The first-order chi connectivity index (χ1) is 22.7. The van der Waals surface area contributed by atoms with Gasteiger partial charge in [-0.15, -0.1) is 10.2 Å². The molecular weight excluding hydrogens is 594 g/mol. The van der Waals surface area contributed by atoms with E-state index in [1.165, 1.54) is 6.08 Å². The van der Waals surface area contributed by atoms with Crippen LogP contribution in [-0.2, 0) is 11.8 Å². The van der Waals surface area contributed by atoms with Crippen molar-refractivity contribution in [3.8, 4) is 28.5 Å². The minimum absolute atomic E-state index is 0.0743. The van der Waals surface area contributed by atoms with E-state index in [1.807, 2.05) is 51.4 Å². The van der Waals surface area contributed by atoms with E-state index in [1.54, 1.807) is 13.3 Å². The number of piperidine rings is 1. The molecule has 242 valence electrons. The molecule has 12 heteroatoms. The van der Waals surface area contributed by atoms with Gasteiger partial charge in [0.05, 0.1) is 35.4 Å². The summed E-state index contributed by atoms with van der Waals surface area (Å²) in [6.07, 6.45) is 5.00. The quantitative estimate of drug-likeness (QED) is 0.186. The van der Waals surface area contributed by atoms with Crippen molar-refractivity contribution in [3.63, 3.8) is 0 Å². The van der Waals surface area contributed by atoms with Gasteiger partial charge in [-0.2, -0.15) is 0 Å². The van der Waals surface area contributed by atoms with E-state index < -0.39 is 0 Å². The molecule has 0 bridgehead atoms. The molecule has 2 aromatic carbocycles. The third-order valence-electron chi connectivity index (χ3n) is 9.27. The van der Waals surface area contributed by atoms with Gasteiger partial charge >= 0.3 is 0 Å². The number of hydrogen-bond donors (Lipinski definition) is 2. The Kier molecular flexibility index (Phi) is 7.67. The Morgan fingerprint density at radius 3 is 2.60 bits per heavy atom. The molecule has 2 aliphatic rings. The molecule has 0 spiro atoms. The molecule has 1 aliphatic heterocycles. The van der Waals surface area contributed by atoms with Gasteiger partial charge in [0.15, 0.2) is 0 Å². The second-order valence-corrected chi connectivity index (χ2v) is 12.8. The molecule has 3 aromatic heterocycles. The molecule has 1 saturated carbocycles. The SMILES string of the molecule is C=CC(=O)Nc1cc(Nc2ncc(-c3nnc(C(C)C)o3)c(-c3cn(C)c4ccccc34)n2)c(OC)cc1N(C)C1C2CN(C)CC21. The van der Waals surface area contributed by atoms with Crippen LogP contribution in [0, 0.1) is 11.8 Å². The Morgan fingerprint density at radius 1 is 1.13 bits per heavy atom. The number of benzene rings is 2. The van der Waals surface area contributed by atoms with E-state index in [2.05, 4.69) is 73.0 Å². The van der Waals surface area contributed by atoms with Crippen LogP contribution in [-0.4, -0.2) is 75.9 Å². The number of rotatable bonds is 10. The summed E-state index contributed by atoms with van der Waals surface area (Å²) in [5.41, 5.74) is 5.32. The van der Waals surface area contributed by atoms with Gasteiger partial charge in [0.2, 0.25) is 17.7 Å². The fourth-order valence-corrected chi connectivity index (χ4v) is 6.88. The van der Waals surface area contributed by atoms with E-state index in [0.717, 1.165) is 35.2 Å². The van der Waals surface area contributed by atoms with E-state index in [-0.39, 0.29) is 11.8 Å². The molecular formula is C35H39N9O3. The lowest BCUT2D eigenvalue weighted by Crippen LogP contribution is -2.31. The topological polar surface area (TPSA) is 126 Å². The number of hydrogen-bond acceptors (Lipinski definition) is 10. The first-order valence-corrected chi connectivity index (χ1v) is 15.8. The van der Waals surface area contributed by atoms with Crippen molar-refractivity contribution in [2.24, 2.45) is 18.9 Å². The molecule has 47 heavy (non-hydrogen) atoms. The number of aromatic nitrogens is 5. The molecule has 2 atom stereocenters. The van der Waals surface area contributed by atoms with Crippen LogP contribution in [0.4, 0.5) is 23.0 Å². The van der Waals surface area contributed by atoms with Crippen molar-refractivity contribution in [3.05, 3.63) is 67.3 Å². The van der Waals surface area contributed by atoms with Crippen molar-refractivity contribution in [2.45, 2.75) is 25.8 Å². The molecule has 0 radical (unpaired) electrons. The number of amides is 1. The predicted molar refractivity (Wildman–Crippen MR) is 183 cm³/mol. The standard InChI is InChI=1S/C35H39N9O3/c1-8-30(45)37-25-13-26(29(46-7)14-28(25)44(6)32-23-16-42(4)17-24(23)32)38-35-36-15-21(34-41-40-33(47-34)19(2)3)31(39-35)22-18-43(5)27-12-10-9-11-20(22)27/h8-15,18-19,23-24,32H,1,16-17H2,2-7H3,(H,37,45)(H,36,38,39). The van der Waals surface area contributed by atoms with Gasteiger partial charge in [0, 0.05) is 74.1 Å². The maximum absolute atomic E-state index is 12.6. The molecule has 1 aliphatic carbocycles. The number of likely N-dealkylation sites (tertiary alicyclic amines) is 1. The summed E-state index contributed by atoms with van der Waals surface area (Å²) in [6.45, 7) is 9.80. The van der Waals surface area contributed by atoms with Gasteiger partial charge < -0.3 is 34.2 Å². The summed E-state index contributed by atoms with van der Waals surface area (Å²) < 4.78 is 14.0. The first-order valence-electron chi connectivity index (χ1n) is 15.8. The highest BCUT2D eigenvalue weighted by Crippen LogP contribution is 2.51. The van der Waals surface area contributed by atoms with Gasteiger partial charge in [-0.1, -0.05) is 38.6 Å². The number of nitrogens with zero attached hydrogens (tertiary/aromatic N) is 7. The van der Waals surface area contributed by atoms with E-state index in [0.29, 0.717) is 64.0 Å². The highest BCUT2D eigenvalue weighted by molar-refractivity contribution is 6.02. The summed E-state index contributed by atoms with van der Waals surface area (Å²) in [6, 6.07) is 12.4. The lowest BCUT2D eigenvalue weighted by atomic mass is 10.1. The molecule has 4 heterocycles. The molecule has 12 nitrogen and oxygen atoms in total. The van der Waals surface area contributed by atoms with Crippen molar-refractivity contribution in [2.75, 3.05) is 49.8 Å². The highest BCUT2D eigenvalue weighted by atomic mass is 16.5. The van der Waals surface area contributed by atoms with Crippen molar-refractivity contribution < 1.29 is 13.9 Å². The van der Waals surface area contributed by atoms with Crippen LogP contribution in [0.3, 0.4) is 0 Å². The molecule has 1 saturated heterocycles. The Hall–Kier alpha value is -5.23. The largest absolute Gasteiger partial charge is 0.494 e. The van der Waals surface area contributed by atoms with Crippen LogP contribution in [0.5, 0.6) is 5.75 Å². The Labute approximate surface area is 273 Å². The summed E-state index contributed by atoms with van der Waals surface area (Å²) in [4.78, 5) is 26.9. The zero-order valence-electron chi connectivity index (χ0n) is 27.5. The summed E-state index contributed by atoms with van der Waals surface area (Å²) in [5.74, 6) is 2.79. The van der Waals surface area contributed by atoms with Crippen molar-refractivity contribution >= 4 is 39.8 Å². The number of carbonyl (C=O) groups is 1. The second kappa shape index (κ2) is 11.8. The first kappa shape index (κ1) is 30.4. The Morgan fingerprint density at radius 2 is 1.89 bits per heavy atom. The maximum Gasteiger partial charge on any atom is 0.251 e. The number of aryl methyl sites for hydroxylation is 1. The molecule has 1 amide bonds. The monoisotopic (exact) mass is 633 g/mol. The normalized spacial score (nSPS) is 18.7. The van der Waals surface area contributed by atoms with Crippen LogP contribution in [0.1, 0.15) is 25.7 Å². The lowest BCUT2D eigenvalue weighted by molar-refractivity contribution is -0.111. The third kappa shape index (κ3) is 5.48. The number of ether oxygens (including phenoxy) is 1. The van der Waals surface area contributed by atoms with Gasteiger partial charge in [-0.05, 0) is 37.1 Å². The van der Waals surface area contributed by atoms with Crippen LogP contribution < -0.4 is 20.3 Å². The number of carbonyl (C=O) groups excluding carboxylic acids is 1. The summed E-state index contributed by atoms with van der Waals surface area (Å²) >= 11 is 0. The zero-order valence-corrected chi connectivity index (χ0v) is 27.5. The van der Waals surface area contributed by atoms with Crippen molar-refractivity contribution in [1.29, 1.82) is 0 Å². The Balaban J connectivity index is 1.30. The zero-order chi connectivity index (χ0) is 33.0. The van der Waals surface area contributed by atoms with Gasteiger partial charge in [-0.25, -0.2) is 9.97 Å². The van der Waals surface area contributed by atoms with Crippen molar-refractivity contribution in [1.82, 2.24) is 29.6 Å². The summed E-state index contributed by atoms with van der Waals surface area (Å²) in [7, 11) is 7.87. The predicted octanol–water partition coefficient (Wildman–Crippen LogP) is 5.68. The van der Waals surface area contributed by atoms with Crippen LogP contribution in [0.25, 0.3) is 33.6 Å². The van der Waals surface area contributed by atoms with E-state index in [4.69, 9.17) is 14.1 Å². The highest BCUT2D eigenvalue weighted by Gasteiger charge is 2.57. The number of fused-ring (bicyclic) bond motifs is 2. The van der Waals surface area contributed by atoms with Gasteiger partial charge in [0.1, 0.15) is 5.75 Å². The smallest absolute Gasteiger partial charge is 0.251 e. The van der Waals surface area contributed by atoms with Crippen LogP contribution >= 0.6 is 0 Å². The van der Waals surface area contributed by atoms with Gasteiger partial charge in [-0.3, -0.25) is 4.79 Å². The average Bonchev–Trinajstić information content (AvgIpc) is 3.43. The number of nitrogens with one attached hydrogen (secondary N) is 2. The maximum atomic E-state index is 12.6. The molecule has 5 aromatic rings. The fourth-order valence-electron chi connectivity index (χ4n) is 6.88. The van der Waals surface area contributed by atoms with Crippen LogP contribution in [0.15, 0.2) is 65.9 Å². The van der Waals surface area contributed by atoms with E-state index >= 15 is 0 Å². The minimum Gasteiger partial charge on any atom is -0.494 e. The molecule has 2 unspecified atom stereocenters. The third-order valence-corrected chi connectivity index (χ3v) is 9.27. The number of anilines is 4. The Bertz CT molecular complexity index is 1990. The molecule has 2 N–H and O–H groups in total. The number of para-hydroxylation sites is 1. The molecule has 7 rings (SSSR count). The summed E-state index contributed by atoms with van der Waals surface area (Å²) in [5, 5.41) is 16.0. The number of methoxy groups -OCH3 is 1. The van der Waals surface area contributed by atoms with Crippen LogP contribution in [0.2, 0.25) is 0 Å². The minimum atomic E-state index is -0.300. The molecule has 2 fully saturated rings. The lowest BCUT2D eigenvalue weighted by Gasteiger charge is -2.27. The van der Waals surface area contributed by atoms with Gasteiger partial charge in [0.25, 0.3) is 5.89 Å². The fraction of sp³-hybridized carbons (Fsp3) is 0.343. The average molecular weight is 634 g/mol.